The second-order valence-corrected chi connectivity index (χ2v) is 6.32. The minimum absolute atomic E-state index is 0.0366. The number of hydrogen-bond acceptors (Lipinski definition) is 4. The maximum Gasteiger partial charge on any atom is 0.241 e. The number of aromatic nitrogens is 1. The van der Waals surface area contributed by atoms with Crippen LogP contribution in [0.5, 0.6) is 0 Å². The highest BCUT2D eigenvalue weighted by Crippen LogP contribution is 2.50. The van der Waals surface area contributed by atoms with E-state index < -0.39 is 5.54 Å². The van der Waals surface area contributed by atoms with Gasteiger partial charge < -0.3 is 15.8 Å². The van der Waals surface area contributed by atoms with Crippen LogP contribution in [-0.4, -0.2) is 29.1 Å². The first-order valence-corrected chi connectivity index (χ1v) is 7.44. The van der Waals surface area contributed by atoms with E-state index in [1.54, 1.807) is 12.4 Å². The molecule has 1 saturated carbocycles. The normalized spacial score (nSPS) is 28.5. The molecule has 1 fully saturated rings. The largest absolute Gasteiger partial charge is 0.378 e. The van der Waals surface area contributed by atoms with Crippen molar-refractivity contribution in [1.29, 1.82) is 0 Å². The molecule has 1 aliphatic carbocycles. The minimum Gasteiger partial charge on any atom is -0.378 e. The van der Waals surface area contributed by atoms with Crippen LogP contribution in [-0.2, 0) is 9.53 Å². The molecule has 21 heavy (non-hydrogen) atoms. The van der Waals surface area contributed by atoms with Gasteiger partial charge >= 0.3 is 0 Å². The maximum atomic E-state index is 12.6. The molecule has 116 valence electrons. The van der Waals surface area contributed by atoms with Gasteiger partial charge in [0.2, 0.25) is 5.91 Å². The van der Waals surface area contributed by atoms with Crippen LogP contribution in [0.25, 0.3) is 0 Å². The fraction of sp³-hybridized carbons (Fsp3) is 0.625. The number of nitrogens with two attached hydrogens (primary N) is 1. The Kier molecular flexibility index (Phi) is 4.35. The third kappa shape index (κ3) is 2.68. The van der Waals surface area contributed by atoms with Gasteiger partial charge in [0, 0.05) is 30.8 Å². The summed E-state index contributed by atoms with van der Waals surface area (Å²) in [6.45, 7) is 8.53. The zero-order valence-corrected chi connectivity index (χ0v) is 13.2. The number of amides is 1. The van der Waals surface area contributed by atoms with E-state index in [9.17, 15) is 4.79 Å². The summed E-state index contributed by atoms with van der Waals surface area (Å²) in [6.07, 6.45) is 4.03. The lowest BCUT2D eigenvalue weighted by Crippen LogP contribution is -2.75. The molecule has 0 spiro atoms. The van der Waals surface area contributed by atoms with Crippen molar-refractivity contribution in [3.8, 4) is 0 Å². The monoisotopic (exact) mass is 291 g/mol. The van der Waals surface area contributed by atoms with Crippen LogP contribution in [0.3, 0.4) is 0 Å². The standard InChI is InChI=1S/C16H25N3O2/c1-5-21-13-10-16(17,15(13,3)4)14(20)19-11(2)12-6-8-18-9-7-12/h6-9,11,13H,5,10,17H2,1-4H3,(H,19,20)/t11-,13?,16?/m0/s1. The predicted octanol–water partition coefficient (Wildman–Crippen LogP) is 1.79. The molecule has 0 aromatic carbocycles. The van der Waals surface area contributed by atoms with Gasteiger partial charge in [0.15, 0.2) is 0 Å². The van der Waals surface area contributed by atoms with Crippen LogP contribution in [0.2, 0.25) is 0 Å². The molecule has 5 nitrogen and oxygen atoms in total. The van der Waals surface area contributed by atoms with Crippen LogP contribution >= 0.6 is 0 Å². The van der Waals surface area contributed by atoms with Gasteiger partial charge in [-0.2, -0.15) is 0 Å². The van der Waals surface area contributed by atoms with Crippen molar-refractivity contribution in [2.75, 3.05) is 6.61 Å². The molecule has 3 N–H and O–H groups in total. The summed E-state index contributed by atoms with van der Waals surface area (Å²) in [5, 5.41) is 3.01. The van der Waals surface area contributed by atoms with Crippen molar-refractivity contribution >= 4 is 5.91 Å². The number of hydrogen-bond donors (Lipinski definition) is 2. The first-order valence-electron chi connectivity index (χ1n) is 7.44. The number of carbonyl (C=O) groups is 1. The number of ether oxygens (including phenoxy) is 1. The fourth-order valence-corrected chi connectivity index (χ4v) is 2.88. The highest BCUT2D eigenvalue weighted by Gasteiger charge is 2.62. The van der Waals surface area contributed by atoms with Gasteiger partial charge in [-0.05, 0) is 31.5 Å². The maximum absolute atomic E-state index is 12.6. The number of rotatable bonds is 5. The lowest BCUT2D eigenvalue weighted by Gasteiger charge is -2.57. The van der Waals surface area contributed by atoms with E-state index in [4.69, 9.17) is 10.5 Å². The quantitative estimate of drug-likeness (QED) is 0.867. The van der Waals surface area contributed by atoms with E-state index in [2.05, 4.69) is 10.3 Å². The van der Waals surface area contributed by atoms with Crippen molar-refractivity contribution in [2.24, 2.45) is 11.1 Å². The van der Waals surface area contributed by atoms with Crippen molar-refractivity contribution in [1.82, 2.24) is 10.3 Å². The van der Waals surface area contributed by atoms with Crippen molar-refractivity contribution in [2.45, 2.75) is 51.8 Å². The molecule has 5 heteroatoms. The van der Waals surface area contributed by atoms with Gasteiger partial charge in [-0.1, -0.05) is 13.8 Å². The molecule has 1 heterocycles. The van der Waals surface area contributed by atoms with E-state index >= 15 is 0 Å². The lowest BCUT2D eigenvalue weighted by molar-refractivity contribution is -0.171. The Hall–Kier alpha value is -1.46. The Morgan fingerprint density at radius 1 is 1.52 bits per heavy atom. The van der Waals surface area contributed by atoms with Gasteiger partial charge in [0.05, 0.1) is 12.1 Å². The minimum atomic E-state index is -0.881. The molecule has 1 aromatic heterocycles. The summed E-state index contributed by atoms with van der Waals surface area (Å²) in [4.78, 5) is 16.6. The van der Waals surface area contributed by atoms with E-state index in [0.717, 1.165) is 5.56 Å². The topological polar surface area (TPSA) is 77.2 Å². The van der Waals surface area contributed by atoms with Gasteiger partial charge in [-0.15, -0.1) is 0 Å². The van der Waals surface area contributed by atoms with Crippen molar-refractivity contribution in [3.05, 3.63) is 30.1 Å². The zero-order valence-electron chi connectivity index (χ0n) is 13.2. The second kappa shape index (κ2) is 5.73. The predicted molar refractivity (Wildman–Crippen MR) is 81.5 cm³/mol. The third-order valence-corrected chi connectivity index (χ3v) is 4.79. The second-order valence-electron chi connectivity index (χ2n) is 6.32. The van der Waals surface area contributed by atoms with Gasteiger partial charge in [-0.25, -0.2) is 0 Å². The Balaban J connectivity index is 2.04. The summed E-state index contributed by atoms with van der Waals surface area (Å²) in [7, 11) is 0. The SMILES string of the molecule is CCOC1CC(N)(C(=O)N[C@@H](C)c2ccncc2)C1(C)C. The van der Waals surface area contributed by atoms with Crippen LogP contribution in [0, 0.1) is 5.41 Å². The molecule has 1 aromatic rings. The van der Waals surface area contributed by atoms with Crippen LogP contribution in [0.1, 0.15) is 45.7 Å². The van der Waals surface area contributed by atoms with Crippen molar-refractivity contribution in [3.63, 3.8) is 0 Å². The molecular formula is C16H25N3O2. The summed E-state index contributed by atoms with van der Waals surface area (Å²) in [5.74, 6) is -0.118. The third-order valence-electron chi connectivity index (χ3n) is 4.79. The van der Waals surface area contributed by atoms with Crippen LogP contribution < -0.4 is 11.1 Å². The molecule has 2 unspecified atom stereocenters. The van der Waals surface area contributed by atoms with E-state index in [1.807, 2.05) is 39.8 Å². The fourth-order valence-electron chi connectivity index (χ4n) is 2.88. The van der Waals surface area contributed by atoms with Gasteiger partial charge in [-0.3, -0.25) is 9.78 Å². The number of nitrogens with zero attached hydrogens (tertiary/aromatic N) is 1. The Labute approximate surface area is 126 Å². The number of nitrogens with one attached hydrogen (secondary N) is 1. The molecule has 3 atom stereocenters. The van der Waals surface area contributed by atoms with Crippen molar-refractivity contribution < 1.29 is 9.53 Å². The first kappa shape index (κ1) is 15.9. The first-order chi connectivity index (χ1) is 9.83. The number of carbonyl (C=O) groups excluding carboxylic acids is 1. The zero-order chi connectivity index (χ0) is 15.7. The van der Waals surface area contributed by atoms with Gasteiger partial charge in [0.25, 0.3) is 0 Å². The Morgan fingerprint density at radius 3 is 2.67 bits per heavy atom. The molecule has 0 radical (unpaired) electrons. The van der Waals surface area contributed by atoms with Gasteiger partial charge in [0.1, 0.15) is 5.54 Å². The van der Waals surface area contributed by atoms with E-state index in [-0.39, 0.29) is 23.5 Å². The smallest absolute Gasteiger partial charge is 0.241 e. The average molecular weight is 291 g/mol. The number of pyridine rings is 1. The Morgan fingerprint density at radius 2 is 2.14 bits per heavy atom. The molecule has 1 amide bonds. The highest BCUT2D eigenvalue weighted by atomic mass is 16.5. The van der Waals surface area contributed by atoms with Crippen LogP contribution in [0.15, 0.2) is 24.5 Å². The average Bonchev–Trinajstić information content (AvgIpc) is 2.47. The summed E-state index contributed by atoms with van der Waals surface area (Å²) >= 11 is 0. The lowest BCUT2D eigenvalue weighted by atomic mass is 9.54. The Bertz CT molecular complexity index is 504. The molecule has 2 rings (SSSR count). The molecule has 1 aliphatic rings. The summed E-state index contributed by atoms with van der Waals surface area (Å²) < 4.78 is 5.66. The summed E-state index contributed by atoms with van der Waals surface area (Å²) in [6, 6.07) is 3.69. The van der Waals surface area contributed by atoms with Crippen LogP contribution in [0.4, 0.5) is 0 Å². The summed E-state index contributed by atoms with van der Waals surface area (Å²) in [5.41, 5.74) is 6.13. The molecule has 0 bridgehead atoms. The van der Waals surface area contributed by atoms with E-state index in [0.29, 0.717) is 13.0 Å². The van der Waals surface area contributed by atoms with E-state index in [1.165, 1.54) is 0 Å². The molecule has 0 saturated heterocycles. The highest BCUT2D eigenvalue weighted by molar-refractivity contribution is 5.89. The molecular weight excluding hydrogens is 266 g/mol. The molecule has 0 aliphatic heterocycles.